The van der Waals surface area contributed by atoms with Gasteiger partial charge in [-0.2, -0.15) is 0 Å². The summed E-state index contributed by atoms with van der Waals surface area (Å²) in [7, 11) is 0. The van der Waals surface area contributed by atoms with Gasteiger partial charge in [-0.05, 0) is 36.5 Å². The lowest BCUT2D eigenvalue weighted by Gasteiger charge is -2.31. The van der Waals surface area contributed by atoms with E-state index < -0.39 is 0 Å². The predicted octanol–water partition coefficient (Wildman–Crippen LogP) is 2.38. The van der Waals surface area contributed by atoms with Crippen LogP contribution in [0.1, 0.15) is 24.0 Å². The van der Waals surface area contributed by atoms with Gasteiger partial charge in [-0.3, -0.25) is 4.79 Å². The summed E-state index contributed by atoms with van der Waals surface area (Å²) >= 11 is 12.3. The number of amides is 1. The van der Waals surface area contributed by atoms with E-state index >= 15 is 0 Å². The molecule has 2 heterocycles. The largest absolute Gasteiger partial charge is 0.364 e. The van der Waals surface area contributed by atoms with E-state index in [1.807, 2.05) is 11.0 Å². The topological polar surface area (TPSA) is 55.6 Å². The van der Waals surface area contributed by atoms with Gasteiger partial charge in [-0.25, -0.2) is 0 Å². The molecule has 1 aromatic carbocycles. The van der Waals surface area contributed by atoms with Crippen molar-refractivity contribution in [2.24, 2.45) is 5.73 Å². The number of hydrogen-bond donors (Lipinski definition) is 1. The van der Waals surface area contributed by atoms with Crippen LogP contribution in [0.5, 0.6) is 0 Å². The molecule has 0 radical (unpaired) electrons. The molecule has 2 aliphatic heterocycles. The first kappa shape index (κ1) is 15.1. The molecule has 1 amide bonds. The summed E-state index contributed by atoms with van der Waals surface area (Å²) in [5.41, 5.74) is 7.71. The van der Waals surface area contributed by atoms with Crippen LogP contribution in [0.25, 0.3) is 0 Å². The number of halogens is 2. The quantitative estimate of drug-likeness (QED) is 0.906. The Hall–Kier alpha value is -0.810. The van der Waals surface area contributed by atoms with Crippen LogP contribution in [0.2, 0.25) is 10.0 Å². The third-order valence-corrected chi connectivity index (χ3v) is 5.09. The van der Waals surface area contributed by atoms with Crippen molar-refractivity contribution in [1.29, 1.82) is 0 Å². The van der Waals surface area contributed by atoms with E-state index in [2.05, 4.69) is 0 Å². The number of benzene rings is 1. The molecule has 2 atom stereocenters. The number of ether oxygens (including phenoxy) is 1. The van der Waals surface area contributed by atoms with Crippen LogP contribution in [-0.4, -0.2) is 36.1 Å². The number of rotatable bonds is 2. The highest BCUT2D eigenvalue weighted by molar-refractivity contribution is 6.42. The molecule has 114 valence electrons. The van der Waals surface area contributed by atoms with Gasteiger partial charge < -0.3 is 15.4 Å². The zero-order valence-electron chi connectivity index (χ0n) is 11.6. The van der Waals surface area contributed by atoms with Crippen LogP contribution in [0.4, 0.5) is 0 Å². The smallest absolute Gasteiger partial charge is 0.252 e. The van der Waals surface area contributed by atoms with Crippen LogP contribution in [0.15, 0.2) is 12.1 Å². The fourth-order valence-electron chi connectivity index (χ4n) is 3.03. The minimum atomic E-state index is -0.345. The molecule has 21 heavy (non-hydrogen) atoms. The molecule has 0 bridgehead atoms. The zero-order chi connectivity index (χ0) is 15.0. The van der Waals surface area contributed by atoms with Gasteiger partial charge in [-0.1, -0.05) is 29.3 Å². The van der Waals surface area contributed by atoms with Crippen molar-refractivity contribution in [2.45, 2.75) is 38.0 Å². The lowest BCUT2D eigenvalue weighted by Crippen LogP contribution is -2.42. The van der Waals surface area contributed by atoms with Crippen LogP contribution >= 0.6 is 23.2 Å². The second-order valence-electron chi connectivity index (χ2n) is 5.57. The van der Waals surface area contributed by atoms with Crippen LogP contribution in [0, 0.1) is 0 Å². The zero-order valence-corrected chi connectivity index (χ0v) is 13.2. The number of fused-ring (bicyclic) bond motifs is 1. The maximum absolute atomic E-state index is 12.5. The third kappa shape index (κ3) is 2.90. The van der Waals surface area contributed by atoms with Crippen molar-refractivity contribution in [1.82, 2.24) is 4.90 Å². The Morgan fingerprint density at radius 3 is 2.90 bits per heavy atom. The fraction of sp³-hybridized carbons (Fsp3) is 0.533. The van der Waals surface area contributed by atoms with Gasteiger partial charge >= 0.3 is 0 Å². The summed E-state index contributed by atoms with van der Waals surface area (Å²) in [5, 5.41) is 1.18. The van der Waals surface area contributed by atoms with E-state index in [4.69, 9.17) is 33.7 Å². The standard InChI is InChI=1S/C15H18Cl2N2O2/c16-12-3-1-9-8-19(6-5-11(9)14(12)17)15(20)13-4-2-10(7-18)21-13/h1,3,10,13H,2,4-8,18H2/t10-,13+/m1/s1. The monoisotopic (exact) mass is 328 g/mol. The van der Waals surface area contributed by atoms with Crippen LogP contribution in [0.3, 0.4) is 0 Å². The van der Waals surface area contributed by atoms with Crippen LogP contribution < -0.4 is 5.73 Å². The van der Waals surface area contributed by atoms with E-state index in [0.29, 0.717) is 29.7 Å². The minimum Gasteiger partial charge on any atom is -0.364 e. The second-order valence-corrected chi connectivity index (χ2v) is 6.35. The normalized spacial score (nSPS) is 25.0. The Bertz CT molecular complexity index is 565. The molecule has 6 heteroatoms. The first-order chi connectivity index (χ1) is 10.1. The second kappa shape index (κ2) is 6.13. The fourth-order valence-corrected chi connectivity index (χ4v) is 3.49. The number of hydrogen-bond acceptors (Lipinski definition) is 3. The lowest BCUT2D eigenvalue weighted by atomic mass is 9.99. The number of nitrogens with two attached hydrogens (primary N) is 1. The highest BCUT2D eigenvalue weighted by atomic mass is 35.5. The lowest BCUT2D eigenvalue weighted by molar-refractivity contribution is -0.143. The Morgan fingerprint density at radius 2 is 2.19 bits per heavy atom. The number of carbonyl (C=O) groups excluding carboxylic acids is 1. The van der Waals surface area contributed by atoms with Crippen LogP contribution in [-0.2, 0) is 22.5 Å². The van der Waals surface area contributed by atoms with E-state index in [0.717, 1.165) is 30.4 Å². The van der Waals surface area contributed by atoms with E-state index in [9.17, 15) is 4.79 Å². The molecule has 0 unspecified atom stereocenters. The third-order valence-electron chi connectivity index (χ3n) is 4.24. The summed E-state index contributed by atoms with van der Waals surface area (Å²) in [6.45, 7) is 1.69. The first-order valence-corrected chi connectivity index (χ1v) is 7.95. The molecule has 1 saturated heterocycles. The Morgan fingerprint density at radius 1 is 1.38 bits per heavy atom. The van der Waals surface area contributed by atoms with Gasteiger partial charge in [0.15, 0.2) is 0 Å². The van der Waals surface area contributed by atoms with Gasteiger partial charge in [0.25, 0.3) is 5.91 Å². The number of nitrogens with zero attached hydrogens (tertiary/aromatic N) is 1. The summed E-state index contributed by atoms with van der Waals surface area (Å²) in [5.74, 6) is 0.0580. The van der Waals surface area contributed by atoms with Crippen molar-refractivity contribution in [2.75, 3.05) is 13.1 Å². The first-order valence-electron chi connectivity index (χ1n) is 7.20. The molecule has 0 spiro atoms. The number of carbonyl (C=O) groups is 1. The molecule has 4 nitrogen and oxygen atoms in total. The highest BCUT2D eigenvalue weighted by Crippen LogP contribution is 2.33. The van der Waals surface area contributed by atoms with Crippen molar-refractivity contribution in [3.8, 4) is 0 Å². The SMILES string of the molecule is NC[C@H]1CC[C@@H](C(=O)N2CCc3c(ccc(Cl)c3Cl)C2)O1. The minimum absolute atomic E-state index is 0.0178. The molecule has 3 rings (SSSR count). The molecule has 1 fully saturated rings. The molecule has 2 aliphatic rings. The maximum Gasteiger partial charge on any atom is 0.252 e. The Balaban J connectivity index is 1.72. The summed E-state index contributed by atoms with van der Waals surface area (Å²) in [6, 6.07) is 3.73. The van der Waals surface area contributed by atoms with Crippen molar-refractivity contribution < 1.29 is 9.53 Å². The van der Waals surface area contributed by atoms with Gasteiger partial charge in [0, 0.05) is 19.6 Å². The average molecular weight is 329 g/mol. The molecular formula is C15H18Cl2N2O2. The molecule has 0 aliphatic carbocycles. The van der Waals surface area contributed by atoms with E-state index in [1.165, 1.54) is 0 Å². The summed E-state index contributed by atoms with van der Waals surface area (Å²) in [6.07, 6.45) is 2.02. The van der Waals surface area contributed by atoms with Crippen molar-refractivity contribution >= 4 is 29.1 Å². The Kier molecular flexibility index (Phi) is 4.41. The van der Waals surface area contributed by atoms with Crippen molar-refractivity contribution in [3.63, 3.8) is 0 Å². The summed E-state index contributed by atoms with van der Waals surface area (Å²) < 4.78 is 5.69. The molecule has 1 aromatic rings. The summed E-state index contributed by atoms with van der Waals surface area (Å²) in [4.78, 5) is 14.4. The van der Waals surface area contributed by atoms with Gasteiger partial charge in [0.05, 0.1) is 16.1 Å². The molecule has 0 aromatic heterocycles. The predicted molar refractivity (Wildman–Crippen MR) is 82.5 cm³/mol. The van der Waals surface area contributed by atoms with E-state index in [-0.39, 0.29) is 18.1 Å². The van der Waals surface area contributed by atoms with Gasteiger partial charge in [0.1, 0.15) is 6.10 Å². The Labute approximate surface area is 134 Å². The van der Waals surface area contributed by atoms with Gasteiger partial charge in [-0.15, -0.1) is 0 Å². The van der Waals surface area contributed by atoms with Crippen molar-refractivity contribution in [3.05, 3.63) is 33.3 Å². The molecule has 0 saturated carbocycles. The van der Waals surface area contributed by atoms with E-state index in [1.54, 1.807) is 6.07 Å². The highest BCUT2D eigenvalue weighted by Gasteiger charge is 2.34. The van der Waals surface area contributed by atoms with Gasteiger partial charge in [0.2, 0.25) is 0 Å². The average Bonchev–Trinajstić information content (AvgIpc) is 2.99. The molecular weight excluding hydrogens is 311 g/mol. The molecule has 2 N–H and O–H groups in total. The maximum atomic E-state index is 12.5.